The zero-order chi connectivity index (χ0) is 19.5. The summed E-state index contributed by atoms with van der Waals surface area (Å²) >= 11 is 0. The van der Waals surface area contributed by atoms with Gasteiger partial charge in [-0.05, 0) is 37.0 Å². The maximum absolute atomic E-state index is 12.5. The topological polar surface area (TPSA) is 111 Å². The predicted octanol–water partition coefficient (Wildman–Crippen LogP) is 1.92. The van der Waals surface area contributed by atoms with Crippen molar-refractivity contribution in [1.82, 2.24) is 31.0 Å². The fourth-order valence-corrected chi connectivity index (χ4v) is 3.62. The molecule has 1 atom stereocenters. The van der Waals surface area contributed by atoms with E-state index >= 15 is 0 Å². The molecule has 9 heteroatoms. The molecule has 2 aliphatic heterocycles. The van der Waals surface area contributed by atoms with Crippen molar-refractivity contribution in [1.29, 1.82) is 0 Å². The Bertz CT molecular complexity index is 816. The number of ether oxygens (including phenoxy) is 1. The summed E-state index contributed by atoms with van der Waals surface area (Å²) in [6.45, 7) is 3.11. The van der Waals surface area contributed by atoms with E-state index in [2.05, 4.69) is 32.2 Å². The van der Waals surface area contributed by atoms with Gasteiger partial charge in [0.05, 0.1) is 6.20 Å². The molecule has 0 unspecified atom stereocenters. The van der Waals surface area contributed by atoms with Crippen LogP contribution in [0.2, 0.25) is 0 Å². The molecule has 2 fully saturated rings. The Morgan fingerprint density at radius 2 is 1.93 bits per heavy atom. The van der Waals surface area contributed by atoms with E-state index in [1.807, 2.05) is 31.3 Å². The molecule has 1 aromatic heterocycles. The minimum Gasteiger partial charge on any atom is -0.381 e. The fraction of sp³-hybridized carbons (Fsp3) is 0.421. The van der Waals surface area contributed by atoms with Crippen LogP contribution in [-0.4, -0.2) is 52.7 Å². The minimum atomic E-state index is -0.635. The summed E-state index contributed by atoms with van der Waals surface area (Å²) in [7, 11) is 0. The molecule has 0 spiro atoms. The Balaban J connectivity index is 1.40. The van der Waals surface area contributed by atoms with Crippen LogP contribution in [0.15, 0.2) is 36.7 Å². The van der Waals surface area contributed by atoms with Crippen molar-refractivity contribution in [3.63, 3.8) is 0 Å². The predicted molar refractivity (Wildman–Crippen MR) is 102 cm³/mol. The van der Waals surface area contributed by atoms with Crippen LogP contribution < -0.4 is 16.0 Å². The summed E-state index contributed by atoms with van der Waals surface area (Å²) in [6, 6.07) is 7.06. The average molecular weight is 384 g/mol. The largest absolute Gasteiger partial charge is 0.381 e. The normalized spacial score (nSPS) is 20.0. The highest BCUT2D eigenvalue weighted by Gasteiger charge is 2.37. The van der Waals surface area contributed by atoms with Crippen LogP contribution >= 0.6 is 0 Å². The molecule has 9 nitrogen and oxygen atoms in total. The number of amides is 4. The number of aromatic nitrogens is 2. The van der Waals surface area contributed by atoms with Crippen molar-refractivity contribution in [3.05, 3.63) is 42.2 Å². The van der Waals surface area contributed by atoms with Gasteiger partial charge in [-0.1, -0.05) is 18.2 Å². The number of nitrogens with one attached hydrogen (secondary N) is 4. The maximum Gasteiger partial charge on any atom is 0.328 e. The van der Waals surface area contributed by atoms with Gasteiger partial charge in [-0.25, -0.2) is 14.5 Å². The maximum atomic E-state index is 12.5. The Morgan fingerprint density at radius 1 is 1.18 bits per heavy atom. The molecule has 0 aliphatic carbocycles. The summed E-state index contributed by atoms with van der Waals surface area (Å²) in [4.78, 5) is 26.3. The first kappa shape index (κ1) is 18.5. The Hall–Kier alpha value is -2.91. The Labute approximate surface area is 162 Å². The Morgan fingerprint density at radius 3 is 2.61 bits per heavy atom. The number of rotatable bonds is 5. The smallest absolute Gasteiger partial charge is 0.328 e. The van der Waals surface area contributed by atoms with E-state index in [9.17, 15) is 9.59 Å². The van der Waals surface area contributed by atoms with Crippen molar-refractivity contribution in [3.8, 4) is 11.1 Å². The SMILES string of the molecule is C[C@H](NC1NC(=O)N(C2CCOCC2)C(=O)N1)c1cccc(-c2cn[nH]c2)c1. The van der Waals surface area contributed by atoms with Crippen LogP contribution in [0.4, 0.5) is 9.59 Å². The summed E-state index contributed by atoms with van der Waals surface area (Å²) in [5, 5.41) is 15.7. The second-order valence-corrected chi connectivity index (χ2v) is 7.05. The number of hydrogen-bond acceptors (Lipinski definition) is 5. The van der Waals surface area contributed by atoms with Gasteiger partial charge in [0.25, 0.3) is 0 Å². The molecular weight excluding hydrogens is 360 g/mol. The van der Waals surface area contributed by atoms with E-state index in [-0.39, 0.29) is 24.1 Å². The summed E-state index contributed by atoms with van der Waals surface area (Å²) < 4.78 is 5.31. The molecule has 2 aromatic rings. The van der Waals surface area contributed by atoms with Crippen LogP contribution in [0.5, 0.6) is 0 Å². The molecule has 4 N–H and O–H groups in total. The first-order chi connectivity index (χ1) is 13.6. The fourth-order valence-electron chi connectivity index (χ4n) is 3.62. The molecule has 1 aromatic carbocycles. The molecule has 28 heavy (non-hydrogen) atoms. The summed E-state index contributed by atoms with van der Waals surface area (Å²) in [6.07, 6.45) is 4.29. The summed E-state index contributed by atoms with van der Waals surface area (Å²) in [5.41, 5.74) is 3.08. The van der Waals surface area contributed by atoms with E-state index < -0.39 is 6.29 Å². The van der Waals surface area contributed by atoms with Gasteiger partial charge in [0.1, 0.15) is 0 Å². The second-order valence-electron chi connectivity index (χ2n) is 7.05. The number of carbonyl (C=O) groups is 2. The molecule has 148 valence electrons. The molecule has 0 bridgehead atoms. The third-order valence-electron chi connectivity index (χ3n) is 5.16. The lowest BCUT2D eigenvalue weighted by Gasteiger charge is -2.39. The summed E-state index contributed by atoms with van der Waals surface area (Å²) in [5.74, 6) is 0. The van der Waals surface area contributed by atoms with Crippen LogP contribution in [0, 0.1) is 0 Å². The number of imide groups is 1. The zero-order valence-corrected chi connectivity index (χ0v) is 15.6. The Kier molecular flexibility index (Phi) is 5.27. The highest BCUT2D eigenvalue weighted by molar-refractivity contribution is 5.96. The van der Waals surface area contributed by atoms with Crippen molar-refractivity contribution < 1.29 is 14.3 Å². The molecule has 4 amide bonds. The van der Waals surface area contributed by atoms with Gasteiger partial charge < -0.3 is 15.4 Å². The zero-order valence-electron chi connectivity index (χ0n) is 15.6. The van der Waals surface area contributed by atoms with E-state index in [1.54, 1.807) is 6.20 Å². The standard InChI is InChI=1S/C19H24N6O3/c1-12(13-3-2-4-14(9-13)15-10-20-21-11-15)22-17-23-18(26)25(19(27)24-17)16-5-7-28-8-6-16/h2-4,9-12,16-17,22H,5-8H2,1H3,(H,20,21)(H,23,26)(H,24,27)/t12-/m0/s1. The lowest BCUT2D eigenvalue weighted by atomic mass is 10.0. The number of nitrogens with zero attached hydrogens (tertiary/aromatic N) is 2. The van der Waals surface area contributed by atoms with Crippen LogP contribution in [-0.2, 0) is 4.74 Å². The van der Waals surface area contributed by atoms with Gasteiger partial charge in [0.2, 0.25) is 0 Å². The minimum absolute atomic E-state index is 0.0907. The van der Waals surface area contributed by atoms with Gasteiger partial charge in [0.15, 0.2) is 6.29 Å². The van der Waals surface area contributed by atoms with Crippen LogP contribution in [0.25, 0.3) is 11.1 Å². The van der Waals surface area contributed by atoms with E-state index in [1.165, 1.54) is 4.90 Å². The van der Waals surface area contributed by atoms with Crippen molar-refractivity contribution in [2.24, 2.45) is 0 Å². The van der Waals surface area contributed by atoms with Gasteiger partial charge in [-0.3, -0.25) is 10.4 Å². The van der Waals surface area contributed by atoms with E-state index in [4.69, 9.17) is 4.74 Å². The number of H-pyrrole nitrogens is 1. The second kappa shape index (κ2) is 7.99. The van der Waals surface area contributed by atoms with Gasteiger partial charge in [-0.2, -0.15) is 5.10 Å². The van der Waals surface area contributed by atoms with Crippen molar-refractivity contribution in [2.75, 3.05) is 13.2 Å². The lowest BCUT2D eigenvalue weighted by Crippen LogP contribution is -2.70. The molecule has 4 rings (SSSR count). The van der Waals surface area contributed by atoms with Crippen LogP contribution in [0.3, 0.4) is 0 Å². The third kappa shape index (κ3) is 3.85. The molecule has 0 saturated carbocycles. The highest BCUT2D eigenvalue weighted by atomic mass is 16.5. The number of aromatic amines is 1. The number of hydrogen-bond donors (Lipinski definition) is 4. The van der Waals surface area contributed by atoms with Crippen molar-refractivity contribution in [2.45, 2.75) is 38.1 Å². The first-order valence-electron chi connectivity index (χ1n) is 9.45. The third-order valence-corrected chi connectivity index (χ3v) is 5.16. The van der Waals surface area contributed by atoms with Gasteiger partial charge >= 0.3 is 12.1 Å². The van der Waals surface area contributed by atoms with Crippen LogP contribution in [0.1, 0.15) is 31.4 Å². The van der Waals surface area contributed by atoms with Gasteiger partial charge in [-0.15, -0.1) is 0 Å². The molecule has 2 aliphatic rings. The number of benzene rings is 1. The molecule has 3 heterocycles. The number of urea groups is 2. The monoisotopic (exact) mass is 384 g/mol. The highest BCUT2D eigenvalue weighted by Crippen LogP contribution is 2.23. The first-order valence-corrected chi connectivity index (χ1v) is 9.45. The van der Waals surface area contributed by atoms with E-state index in [0.29, 0.717) is 26.1 Å². The molecular formula is C19H24N6O3. The van der Waals surface area contributed by atoms with Crippen molar-refractivity contribution >= 4 is 12.1 Å². The number of carbonyl (C=O) groups excluding carboxylic acids is 2. The molecule has 0 radical (unpaired) electrons. The van der Waals surface area contributed by atoms with E-state index in [0.717, 1.165) is 16.7 Å². The lowest BCUT2D eigenvalue weighted by molar-refractivity contribution is 0.0492. The van der Waals surface area contributed by atoms with Gasteiger partial charge in [0, 0.05) is 37.1 Å². The average Bonchev–Trinajstić information content (AvgIpc) is 3.23. The molecule has 2 saturated heterocycles. The quantitative estimate of drug-likeness (QED) is 0.629.